The molecule has 9 nitrogen and oxygen atoms in total. The van der Waals surface area contributed by atoms with Gasteiger partial charge in [0.05, 0.1) is 16.3 Å². The second-order valence-corrected chi connectivity index (χ2v) is 7.40. The summed E-state index contributed by atoms with van der Waals surface area (Å²) in [6, 6.07) is 21.5. The molecule has 0 spiro atoms. The van der Waals surface area contributed by atoms with E-state index in [0.29, 0.717) is 22.1 Å². The van der Waals surface area contributed by atoms with Crippen LogP contribution in [0.25, 0.3) is 0 Å². The number of rotatable bonds is 7. The maximum atomic E-state index is 11.8. The highest BCUT2D eigenvalue weighted by atomic mass is 35.5. The van der Waals surface area contributed by atoms with Gasteiger partial charge in [-0.15, -0.1) is 0 Å². The van der Waals surface area contributed by atoms with E-state index in [2.05, 4.69) is 30.8 Å². The van der Waals surface area contributed by atoms with E-state index in [-0.39, 0.29) is 17.3 Å². The van der Waals surface area contributed by atoms with Crippen LogP contribution in [0.4, 0.5) is 40.1 Å². The van der Waals surface area contributed by atoms with Gasteiger partial charge in [0.2, 0.25) is 11.6 Å². The van der Waals surface area contributed by atoms with Crippen molar-refractivity contribution in [2.75, 3.05) is 10.6 Å². The summed E-state index contributed by atoms with van der Waals surface area (Å²) in [5.41, 5.74) is 3.18. The molecular formula is C23H18ClN7O2. The van der Waals surface area contributed by atoms with E-state index < -0.39 is 4.92 Å². The van der Waals surface area contributed by atoms with E-state index >= 15 is 0 Å². The fourth-order valence-electron chi connectivity index (χ4n) is 2.99. The standard InChI is InChI=1S/C23H18ClN7O2/c1-15-13-16(24)7-12-20(15)28-23-21(31(32)33)22(25-14-26-23)27-17-8-10-19(11-9-17)30-29-18-5-3-2-4-6-18/h2-14H,1H3,(H2,25,26,27,28). The molecule has 0 bridgehead atoms. The summed E-state index contributed by atoms with van der Waals surface area (Å²) < 4.78 is 0. The number of nitrogens with zero attached hydrogens (tertiary/aromatic N) is 5. The van der Waals surface area contributed by atoms with Gasteiger partial charge in [0, 0.05) is 16.4 Å². The molecule has 3 aromatic carbocycles. The first kappa shape index (κ1) is 21.8. The molecule has 0 amide bonds. The molecule has 1 heterocycles. The van der Waals surface area contributed by atoms with E-state index in [1.165, 1.54) is 6.33 Å². The summed E-state index contributed by atoms with van der Waals surface area (Å²) in [6.45, 7) is 1.84. The summed E-state index contributed by atoms with van der Waals surface area (Å²) >= 11 is 5.99. The van der Waals surface area contributed by atoms with Crippen molar-refractivity contribution in [2.24, 2.45) is 10.2 Å². The van der Waals surface area contributed by atoms with E-state index in [0.717, 1.165) is 11.3 Å². The van der Waals surface area contributed by atoms with Crippen LogP contribution >= 0.6 is 11.6 Å². The minimum absolute atomic E-state index is 0.0581. The Kier molecular flexibility index (Phi) is 6.51. The quantitative estimate of drug-likeness (QED) is 0.171. The molecule has 0 fully saturated rings. The zero-order chi connectivity index (χ0) is 23.2. The highest BCUT2D eigenvalue weighted by molar-refractivity contribution is 6.30. The first-order chi connectivity index (χ1) is 16.0. The summed E-state index contributed by atoms with van der Waals surface area (Å²) in [5, 5.41) is 26.7. The van der Waals surface area contributed by atoms with E-state index in [1.807, 2.05) is 37.3 Å². The maximum Gasteiger partial charge on any atom is 0.353 e. The van der Waals surface area contributed by atoms with Crippen molar-refractivity contribution >= 4 is 51.7 Å². The zero-order valence-corrected chi connectivity index (χ0v) is 18.2. The lowest BCUT2D eigenvalue weighted by atomic mass is 10.2. The average Bonchev–Trinajstić information content (AvgIpc) is 2.81. The molecule has 2 N–H and O–H groups in total. The molecule has 1 aromatic heterocycles. The molecule has 0 saturated carbocycles. The predicted molar refractivity (Wildman–Crippen MR) is 129 cm³/mol. The Morgan fingerprint density at radius 2 is 1.52 bits per heavy atom. The van der Waals surface area contributed by atoms with Crippen LogP contribution in [0.15, 0.2) is 89.4 Å². The number of anilines is 4. The van der Waals surface area contributed by atoms with E-state index in [4.69, 9.17) is 11.6 Å². The van der Waals surface area contributed by atoms with Gasteiger partial charge in [0.15, 0.2) is 0 Å². The maximum absolute atomic E-state index is 11.8. The van der Waals surface area contributed by atoms with Gasteiger partial charge in [-0.25, -0.2) is 9.97 Å². The zero-order valence-electron chi connectivity index (χ0n) is 17.4. The van der Waals surface area contributed by atoms with Crippen LogP contribution < -0.4 is 10.6 Å². The van der Waals surface area contributed by atoms with Gasteiger partial charge < -0.3 is 10.6 Å². The normalized spacial score (nSPS) is 10.8. The molecule has 0 aliphatic heterocycles. The van der Waals surface area contributed by atoms with Crippen molar-refractivity contribution in [1.29, 1.82) is 0 Å². The smallest absolute Gasteiger partial charge is 0.334 e. The predicted octanol–water partition coefficient (Wildman–Crippen LogP) is 7.25. The average molecular weight is 460 g/mol. The Labute approximate surface area is 194 Å². The van der Waals surface area contributed by atoms with Crippen molar-refractivity contribution in [1.82, 2.24) is 9.97 Å². The highest BCUT2D eigenvalue weighted by Crippen LogP contribution is 2.34. The lowest BCUT2D eigenvalue weighted by Gasteiger charge is -2.12. The van der Waals surface area contributed by atoms with Crippen LogP contribution in [0.5, 0.6) is 0 Å². The van der Waals surface area contributed by atoms with Crippen molar-refractivity contribution in [3.8, 4) is 0 Å². The van der Waals surface area contributed by atoms with Crippen molar-refractivity contribution in [3.63, 3.8) is 0 Å². The molecule has 10 heteroatoms. The third-order valence-electron chi connectivity index (χ3n) is 4.61. The largest absolute Gasteiger partial charge is 0.353 e. The Bertz CT molecular complexity index is 1310. The number of hydrogen-bond donors (Lipinski definition) is 2. The van der Waals surface area contributed by atoms with Gasteiger partial charge in [-0.3, -0.25) is 10.1 Å². The lowest BCUT2D eigenvalue weighted by molar-refractivity contribution is -0.383. The molecule has 0 aliphatic rings. The third kappa shape index (κ3) is 5.46. The monoisotopic (exact) mass is 459 g/mol. The first-order valence-electron chi connectivity index (χ1n) is 9.86. The molecule has 164 valence electrons. The Morgan fingerprint density at radius 1 is 0.879 bits per heavy atom. The summed E-state index contributed by atoms with van der Waals surface area (Å²) in [7, 11) is 0. The topological polar surface area (TPSA) is 118 Å². The second-order valence-electron chi connectivity index (χ2n) is 6.97. The minimum atomic E-state index is -0.529. The number of azo groups is 1. The van der Waals surface area contributed by atoms with Crippen LogP contribution in [0.3, 0.4) is 0 Å². The molecule has 0 atom stereocenters. The van der Waals surface area contributed by atoms with Gasteiger partial charge in [0.1, 0.15) is 6.33 Å². The van der Waals surface area contributed by atoms with Gasteiger partial charge in [-0.05, 0) is 67.1 Å². The Balaban J connectivity index is 1.56. The SMILES string of the molecule is Cc1cc(Cl)ccc1Nc1ncnc(Nc2ccc(N=Nc3ccccc3)cc2)c1[N+](=O)[O-]. The fraction of sp³-hybridized carbons (Fsp3) is 0.0435. The molecule has 4 aromatic rings. The molecule has 0 aliphatic carbocycles. The number of aromatic nitrogens is 2. The second kappa shape index (κ2) is 9.84. The fourth-order valence-corrected chi connectivity index (χ4v) is 3.21. The molecule has 0 saturated heterocycles. The first-order valence-corrected chi connectivity index (χ1v) is 10.2. The number of nitro groups is 1. The lowest BCUT2D eigenvalue weighted by Crippen LogP contribution is -2.06. The van der Waals surface area contributed by atoms with Crippen LogP contribution in [0.2, 0.25) is 5.02 Å². The van der Waals surface area contributed by atoms with Crippen molar-refractivity contribution < 1.29 is 4.92 Å². The van der Waals surface area contributed by atoms with Crippen LogP contribution in [-0.4, -0.2) is 14.9 Å². The van der Waals surface area contributed by atoms with Crippen LogP contribution in [0.1, 0.15) is 5.56 Å². The number of nitrogens with one attached hydrogen (secondary N) is 2. The number of halogens is 1. The molecular weight excluding hydrogens is 442 g/mol. The molecule has 4 rings (SSSR count). The number of hydrogen-bond acceptors (Lipinski definition) is 8. The summed E-state index contributed by atoms with van der Waals surface area (Å²) in [6.07, 6.45) is 1.26. The van der Waals surface area contributed by atoms with Gasteiger partial charge in [-0.1, -0.05) is 29.8 Å². The summed E-state index contributed by atoms with van der Waals surface area (Å²) in [4.78, 5) is 19.4. The molecule has 0 unspecified atom stereocenters. The number of aryl methyl sites for hydroxylation is 1. The van der Waals surface area contributed by atoms with Gasteiger partial charge in [-0.2, -0.15) is 10.2 Å². The third-order valence-corrected chi connectivity index (χ3v) is 4.85. The van der Waals surface area contributed by atoms with Crippen LogP contribution in [0, 0.1) is 17.0 Å². The molecule has 0 radical (unpaired) electrons. The summed E-state index contributed by atoms with van der Waals surface area (Å²) in [5.74, 6) is 0.124. The van der Waals surface area contributed by atoms with Crippen molar-refractivity contribution in [2.45, 2.75) is 6.92 Å². The number of benzene rings is 3. The Morgan fingerprint density at radius 3 is 2.15 bits per heavy atom. The van der Waals surface area contributed by atoms with Crippen LogP contribution in [-0.2, 0) is 0 Å². The highest BCUT2D eigenvalue weighted by Gasteiger charge is 2.23. The Hall–Kier alpha value is -4.37. The van der Waals surface area contributed by atoms with E-state index in [9.17, 15) is 10.1 Å². The van der Waals surface area contributed by atoms with Crippen molar-refractivity contribution in [3.05, 3.63) is 99.8 Å². The van der Waals surface area contributed by atoms with Gasteiger partial charge >= 0.3 is 5.69 Å². The van der Waals surface area contributed by atoms with E-state index in [1.54, 1.807) is 42.5 Å². The minimum Gasteiger partial charge on any atom is -0.334 e. The molecule has 33 heavy (non-hydrogen) atoms. The van der Waals surface area contributed by atoms with Gasteiger partial charge in [0.25, 0.3) is 0 Å².